The molecule has 2 N–H and O–H groups in total. The standard InChI is InChI=1S/C14H23N3O.HI/c1-3-15-14(16-4-2)17-11-8-12-18-13-9-6-5-7-10-13;/h5-7,9-10H,3-4,8,11-12H2,1-2H3,(H2,15,16,17);1H. The van der Waals surface area contributed by atoms with E-state index >= 15 is 0 Å². The van der Waals surface area contributed by atoms with E-state index in [4.69, 9.17) is 4.74 Å². The molecule has 1 aromatic rings. The maximum absolute atomic E-state index is 5.60. The van der Waals surface area contributed by atoms with Crippen LogP contribution in [0, 0.1) is 0 Å². The van der Waals surface area contributed by atoms with Crippen molar-refractivity contribution in [3.05, 3.63) is 30.3 Å². The lowest BCUT2D eigenvalue weighted by Gasteiger charge is -2.09. The maximum atomic E-state index is 5.60. The Morgan fingerprint density at radius 3 is 2.32 bits per heavy atom. The van der Waals surface area contributed by atoms with Crippen molar-refractivity contribution in [2.45, 2.75) is 20.3 Å². The molecule has 19 heavy (non-hydrogen) atoms. The van der Waals surface area contributed by atoms with Gasteiger partial charge in [-0.3, -0.25) is 4.99 Å². The summed E-state index contributed by atoms with van der Waals surface area (Å²) in [5.74, 6) is 1.79. The highest BCUT2D eigenvalue weighted by Crippen LogP contribution is 2.08. The minimum absolute atomic E-state index is 0. The van der Waals surface area contributed by atoms with E-state index in [2.05, 4.69) is 29.5 Å². The van der Waals surface area contributed by atoms with Gasteiger partial charge in [0.2, 0.25) is 0 Å². The first-order valence-corrected chi connectivity index (χ1v) is 6.56. The smallest absolute Gasteiger partial charge is 0.191 e. The third-order valence-electron chi connectivity index (χ3n) is 2.27. The molecule has 0 aromatic heterocycles. The van der Waals surface area contributed by atoms with Crippen LogP contribution in [0.3, 0.4) is 0 Å². The number of nitrogens with zero attached hydrogens (tertiary/aromatic N) is 1. The van der Waals surface area contributed by atoms with Crippen LogP contribution < -0.4 is 15.4 Å². The molecular weight excluding hydrogens is 353 g/mol. The summed E-state index contributed by atoms with van der Waals surface area (Å²) in [4.78, 5) is 4.45. The molecule has 108 valence electrons. The van der Waals surface area contributed by atoms with Gasteiger partial charge in [0, 0.05) is 26.1 Å². The Hall–Kier alpha value is -0.980. The molecule has 0 atom stereocenters. The first-order valence-electron chi connectivity index (χ1n) is 6.56. The predicted molar refractivity (Wildman–Crippen MR) is 91.6 cm³/mol. The van der Waals surface area contributed by atoms with Crippen molar-refractivity contribution in [1.82, 2.24) is 10.6 Å². The first-order chi connectivity index (χ1) is 8.86. The van der Waals surface area contributed by atoms with Crippen LogP contribution in [-0.4, -0.2) is 32.2 Å². The lowest BCUT2D eigenvalue weighted by molar-refractivity contribution is 0.313. The number of ether oxygens (including phenoxy) is 1. The highest BCUT2D eigenvalue weighted by atomic mass is 127. The zero-order valence-electron chi connectivity index (χ0n) is 11.7. The number of benzene rings is 1. The SMILES string of the molecule is CCNC(=NCCCOc1ccccc1)NCC.I. The number of aliphatic imine (C=N–C) groups is 1. The van der Waals surface area contributed by atoms with E-state index < -0.39 is 0 Å². The fraction of sp³-hybridized carbons (Fsp3) is 0.500. The molecule has 0 radical (unpaired) electrons. The topological polar surface area (TPSA) is 45.7 Å². The van der Waals surface area contributed by atoms with Gasteiger partial charge in [-0.2, -0.15) is 0 Å². The molecule has 0 saturated heterocycles. The molecule has 0 amide bonds. The van der Waals surface area contributed by atoms with Crippen molar-refractivity contribution in [3.8, 4) is 5.75 Å². The molecule has 0 saturated carbocycles. The van der Waals surface area contributed by atoms with Crippen LogP contribution in [0.4, 0.5) is 0 Å². The monoisotopic (exact) mass is 377 g/mol. The van der Waals surface area contributed by atoms with Gasteiger partial charge < -0.3 is 15.4 Å². The summed E-state index contributed by atoms with van der Waals surface area (Å²) < 4.78 is 5.60. The third-order valence-corrected chi connectivity index (χ3v) is 2.27. The molecular formula is C14H24IN3O. The summed E-state index contributed by atoms with van der Waals surface area (Å²) in [6.07, 6.45) is 0.912. The minimum Gasteiger partial charge on any atom is -0.494 e. The average Bonchev–Trinajstić information content (AvgIpc) is 2.40. The number of hydrogen-bond donors (Lipinski definition) is 2. The predicted octanol–water partition coefficient (Wildman–Crippen LogP) is 2.65. The fourth-order valence-corrected chi connectivity index (χ4v) is 1.47. The molecule has 0 spiro atoms. The fourth-order valence-electron chi connectivity index (χ4n) is 1.47. The molecule has 5 heteroatoms. The Morgan fingerprint density at radius 2 is 1.74 bits per heavy atom. The van der Waals surface area contributed by atoms with E-state index in [1.807, 2.05) is 30.3 Å². The third kappa shape index (κ3) is 8.69. The molecule has 0 bridgehead atoms. The molecule has 0 unspecified atom stereocenters. The molecule has 4 nitrogen and oxygen atoms in total. The highest BCUT2D eigenvalue weighted by molar-refractivity contribution is 14.0. The van der Waals surface area contributed by atoms with Crippen molar-refractivity contribution in [2.24, 2.45) is 4.99 Å². The number of rotatable bonds is 7. The quantitative estimate of drug-likeness (QED) is 0.332. The second kappa shape index (κ2) is 12.1. The summed E-state index contributed by atoms with van der Waals surface area (Å²) in [7, 11) is 0. The van der Waals surface area contributed by atoms with Crippen LogP contribution in [0.5, 0.6) is 5.75 Å². The van der Waals surface area contributed by atoms with E-state index in [1.165, 1.54) is 0 Å². The van der Waals surface area contributed by atoms with Gasteiger partial charge in [-0.25, -0.2) is 0 Å². The van der Waals surface area contributed by atoms with Gasteiger partial charge in [-0.05, 0) is 26.0 Å². The largest absolute Gasteiger partial charge is 0.494 e. The van der Waals surface area contributed by atoms with Crippen LogP contribution >= 0.6 is 24.0 Å². The van der Waals surface area contributed by atoms with Crippen LogP contribution in [0.15, 0.2) is 35.3 Å². The number of guanidine groups is 1. The summed E-state index contributed by atoms with van der Waals surface area (Å²) >= 11 is 0. The molecule has 0 aliphatic rings. The van der Waals surface area contributed by atoms with Gasteiger partial charge in [0.05, 0.1) is 6.61 Å². The molecule has 0 aliphatic carbocycles. The number of para-hydroxylation sites is 1. The van der Waals surface area contributed by atoms with E-state index in [1.54, 1.807) is 0 Å². The minimum atomic E-state index is 0. The van der Waals surface area contributed by atoms with E-state index in [-0.39, 0.29) is 24.0 Å². The van der Waals surface area contributed by atoms with Crippen molar-refractivity contribution >= 4 is 29.9 Å². The zero-order valence-corrected chi connectivity index (χ0v) is 14.0. The van der Waals surface area contributed by atoms with Gasteiger partial charge >= 0.3 is 0 Å². The maximum Gasteiger partial charge on any atom is 0.191 e. The summed E-state index contributed by atoms with van der Waals surface area (Å²) in [6.45, 7) is 7.34. The number of nitrogens with one attached hydrogen (secondary N) is 2. The Kier molecular flexibility index (Phi) is 11.5. The normalized spacial score (nSPS) is 9.16. The van der Waals surface area contributed by atoms with Crippen LogP contribution in [0.25, 0.3) is 0 Å². The second-order valence-corrected chi connectivity index (χ2v) is 3.81. The average molecular weight is 377 g/mol. The van der Waals surface area contributed by atoms with Crippen molar-refractivity contribution in [1.29, 1.82) is 0 Å². The van der Waals surface area contributed by atoms with Crippen LogP contribution in [0.2, 0.25) is 0 Å². The molecule has 1 aromatic carbocycles. The first kappa shape index (κ1) is 18.0. The van der Waals surface area contributed by atoms with Gasteiger partial charge in [-0.1, -0.05) is 18.2 Å². The van der Waals surface area contributed by atoms with Crippen molar-refractivity contribution in [2.75, 3.05) is 26.2 Å². The van der Waals surface area contributed by atoms with Crippen LogP contribution in [-0.2, 0) is 0 Å². The van der Waals surface area contributed by atoms with E-state index in [0.717, 1.165) is 37.8 Å². The lowest BCUT2D eigenvalue weighted by atomic mass is 10.3. The Bertz CT molecular complexity index is 336. The zero-order chi connectivity index (χ0) is 13.1. The summed E-state index contributed by atoms with van der Waals surface area (Å²) in [6, 6.07) is 9.86. The lowest BCUT2D eigenvalue weighted by Crippen LogP contribution is -2.37. The van der Waals surface area contributed by atoms with Crippen molar-refractivity contribution in [3.63, 3.8) is 0 Å². The number of hydrogen-bond acceptors (Lipinski definition) is 2. The molecule has 0 fully saturated rings. The molecule has 0 heterocycles. The second-order valence-electron chi connectivity index (χ2n) is 3.81. The number of halogens is 1. The van der Waals surface area contributed by atoms with Crippen molar-refractivity contribution < 1.29 is 4.74 Å². The van der Waals surface area contributed by atoms with E-state index in [0.29, 0.717) is 6.61 Å². The van der Waals surface area contributed by atoms with Gasteiger partial charge in [-0.15, -0.1) is 24.0 Å². The van der Waals surface area contributed by atoms with E-state index in [9.17, 15) is 0 Å². The Labute approximate surface area is 133 Å². The molecule has 0 aliphatic heterocycles. The highest BCUT2D eigenvalue weighted by Gasteiger charge is 1.94. The Balaban J connectivity index is 0.00000324. The van der Waals surface area contributed by atoms with Gasteiger partial charge in [0.25, 0.3) is 0 Å². The Morgan fingerprint density at radius 1 is 1.11 bits per heavy atom. The van der Waals surface area contributed by atoms with Gasteiger partial charge in [0.15, 0.2) is 5.96 Å². The molecule has 1 rings (SSSR count). The van der Waals surface area contributed by atoms with Gasteiger partial charge in [0.1, 0.15) is 5.75 Å². The summed E-state index contributed by atoms with van der Waals surface area (Å²) in [5, 5.41) is 6.38. The summed E-state index contributed by atoms with van der Waals surface area (Å²) in [5.41, 5.74) is 0. The van der Waals surface area contributed by atoms with Crippen LogP contribution in [0.1, 0.15) is 20.3 Å².